The van der Waals surface area contributed by atoms with Gasteiger partial charge in [-0.15, -0.1) is 11.8 Å². The Bertz CT molecular complexity index is 382. The first-order valence-electron chi connectivity index (χ1n) is 6.47. The van der Waals surface area contributed by atoms with Crippen molar-refractivity contribution in [1.29, 1.82) is 0 Å². The Kier molecular flexibility index (Phi) is 4.36. The molecule has 0 bridgehead atoms. The van der Waals surface area contributed by atoms with E-state index < -0.39 is 0 Å². The monoisotopic (exact) mass is 266 g/mol. The molecule has 0 saturated carbocycles. The van der Waals surface area contributed by atoms with Crippen LogP contribution in [0.15, 0.2) is 29.2 Å². The number of aliphatic hydroxyl groups excluding tert-OH is 1. The van der Waals surface area contributed by atoms with E-state index in [0.29, 0.717) is 5.92 Å². The standard InChI is InChI=1S/C15H22O2S/c1-11(2)14(8-16)15(9-17-10-15)12-4-6-13(18-3)7-5-12/h4-7,11,14,16H,8-10H2,1-3H3. The fraction of sp³-hybridized carbons (Fsp3) is 0.600. The van der Waals surface area contributed by atoms with Crippen molar-refractivity contribution in [1.82, 2.24) is 0 Å². The molecule has 0 aliphatic carbocycles. The Morgan fingerprint density at radius 1 is 1.28 bits per heavy atom. The molecule has 1 saturated heterocycles. The molecule has 1 N–H and O–H groups in total. The van der Waals surface area contributed by atoms with Crippen molar-refractivity contribution >= 4 is 11.8 Å². The van der Waals surface area contributed by atoms with Gasteiger partial charge < -0.3 is 9.84 Å². The number of thioether (sulfide) groups is 1. The van der Waals surface area contributed by atoms with Crippen LogP contribution in [-0.2, 0) is 10.2 Å². The molecule has 1 aromatic rings. The van der Waals surface area contributed by atoms with Gasteiger partial charge in [-0.05, 0) is 35.8 Å². The minimum absolute atomic E-state index is 0.0137. The number of hydrogen-bond acceptors (Lipinski definition) is 3. The second-order valence-electron chi connectivity index (χ2n) is 5.41. The fourth-order valence-electron chi connectivity index (χ4n) is 2.86. The number of benzene rings is 1. The fourth-order valence-corrected chi connectivity index (χ4v) is 3.27. The van der Waals surface area contributed by atoms with Gasteiger partial charge in [-0.1, -0.05) is 26.0 Å². The zero-order valence-electron chi connectivity index (χ0n) is 11.3. The highest BCUT2D eigenvalue weighted by Gasteiger charge is 2.47. The number of rotatable bonds is 5. The molecule has 1 unspecified atom stereocenters. The summed E-state index contributed by atoms with van der Waals surface area (Å²) in [4.78, 5) is 1.28. The Hall–Kier alpha value is -0.510. The predicted molar refractivity (Wildman–Crippen MR) is 76.1 cm³/mol. The van der Waals surface area contributed by atoms with Gasteiger partial charge in [0.25, 0.3) is 0 Å². The molecule has 1 aromatic carbocycles. The van der Waals surface area contributed by atoms with Gasteiger partial charge in [-0.25, -0.2) is 0 Å². The van der Waals surface area contributed by atoms with Crippen LogP contribution in [0.25, 0.3) is 0 Å². The predicted octanol–water partition coefficient (Wildman–Crippen LogP) is 2.94. The second kappa shape index (κ2) is 5.64. The topological polar surface area (TPSA) is 29.5 Å². The number of ether oxygens (including phenoxy) is 1. The first kappa shape index (κ1) is 13.9. The normalized spacial score (nSPS) is 19.6. The van der Waals surface area contributed by atoms with Gasteiger partial charge in [-0.2, -0.15) is 0 Å². The lowest BCUT2D eigenvalue weighted by Gasteiger charge is -2.48. The van der Waals surface area contributed by atoms with E-state index in [4.69, 9.17) is 4.74 Å². The van der Waals surface area contributed by atoms with E-state index in [1.54, 1.807) is 11.8 Å². The van der Waals surface area contributed by atoms with Crippen LogP contribution in [0.5, 0.6) is 0 Å². The number of aliphatic hydroxyl groups is 1. The lowest BCUT2D eigenvalue weighted by atomic mass is 9.65. The minimum atomic E-state index is 0.0137. The Balaban J connectivity index is 2.30. The van der Waals surface area contributed by atoms with Crippen molar-refractivity contribution in [2.75, 3.05) is 26.1 Å². The third-order valence-corrected chi connectivity index (χ3v) is 4.84. The van der Waals surface area contributed by atoms with Gasteiger partial charge >= 0.3 is 0 Å². The van der Waals surface area contributed by atoms with Crippen molar-refractivity contribution < 1.29 is 9.84 Å². The molecule has 100 valence electrons. The van der Waals surface area contributed by atoms with Crippen molar-refractivity contribution in [3.8, 4) is 0 Å². The molecule has 3 heteroatoms. The lowest BCUT2D eigenvalue weighted by molar-refractivity contribution is -0.111. The quantitative estimate of drug-likeness (QED) is 0.831. The molecule has 2 rings (SSSR count). The van der Waals surface area contributed by atoms with Crippen molar-refractivity contribution in [2.45, 2.75) is 24.2 Å². The third-order valence-electron chi connectivity index (χ3n) is 4.10. The summed E-state index contributed by atoms with van der Waals surface area (Å²) in [5, 5.41) is 9.70. The zero-order chi connectivity index (χ0) is 13.2. The molecule has 2 nitrogen and oxygen atoms in total. The van der Waals surface area contributed by atoms with E-state index in [1.165, 1.54) is 10.5 Å². The molecule has 1 heterocycles. The van der Waals surface area contributed by atoms with Crippen LogP contribution in [0.2, 0.25) is 0 Å². The van der Waals surface area contributed by atoms with Crippen molar-refractivity contribution in [3.63, 3.8) is 0 Å². The van der Waals surface area contributed by atoms with Gasteiger partial charge in [0, 0.05) is 16.9 Å². The molecule has 1 atom stereocenters. The summed E-state index contributed by atoms with van der Waals surface area (Å²) in [5.41, 5.74) is 1.32. The average Bonchev–Trinajstić information content (AvgIpc) is 2.33. The second-order valence-corrected chi connectivity index (χ2v) is 6.29. The molecular formula is C15H22O2S. The smallest absolute Gasteiger partial charge is 0.0589 e. The molecule has 0 radical (unpaired) electrons. The highest BCUT2D eigenvalue weighted by Crippen LogP contribution is 2.43. The van der Waals surface area contributed by atoms with Crippen LogP contribution >= 0.6 is 11.8 Å². The summed E-state index contributed by atoms with van der Waals surface area (Å²) in [6.45, 7) is 6.05. The molecule has 0 spiro atoms. The average molecular weight is 266 g/mol. The van der Waals surface area contributed by atoms with Crippen LogP contribution in [0.1, 0.15) is 19.4 Å². The van der Waals surface area contributed by atoms with Gasteiger partial charge in [0.1, 0.15) is 0 Å². The van der Waals surface area contributed by atoms with Crippen LogP contribution in [0, 0.1) is 11.8 Å². The molecule has 1 aliphatic rings. The van der Waals surface area contributed by atoms with Crippen LogP contribution in [0.3, 0.4) is 0 Å². The molecule has 0 aromatic heterocycles. The molecular weight excluding hydrogens is 244 g/mol. The SMILES string of the molecule is CSc1ccc(C2(C(CO)C(C)C)COC2)cc1. The lowest BCUT2D eigenvalue weighted by Crippen LogP contribution is -2.55. The molecule has 1 aliphatic heterocycles. The maximum absolute atomic E-state index is 9.70. The molecule has 0 amide bonds. The van der Waals surface area contributed by atoms with E-state index in [0.717, 1.165) is 13.2 Å². The summed E-state index contributed by atoms with van der Waals surface area (Å²) in [6, 6.07) is 8.71. The van der Waals surface area contributed by atoms with Crippen LogP contribution < -0.4 is 0 Å². The van der Waals surface area contributed by atoms with Gasteiger partial charge in [0.2, 0.25) is 0 Å². The van der Waals surface area contributed by atoms with E-state index >= 15 is 0 Å². The van der Waals surface area contributed by atoms with Crippen molar-refractivity contribution in [3.05, 3.63) is 29.8 Å². The number of hydrogen-bond donors (Lipinski definition) is 1. The van der Waals surface area contributed by atoms with Crippen molar-refractivity contribution in [2.24, 2.45) is 11.8 Å². The third kappa shape index (κ3) is 2.31. The highest BCUT2D eigenvalue weighted by atomic mass is 32.2. The Labute approximate surface area is 114 Å². The Morgan fingerprint density at radius 2 is 1.89 bits per heavy atom. The maximum Gasteiger partial charge on any atom is 0.0589 e. The van der Waals surface area contributed by atoms with Crippen LogP contribution in [0.4, 0.5) is 0 Å². The van der Waals surface area contributed by atoms with Gasteiger partial charge in [-0.3, -0.25) is 0 Å². The van der Waals surface area contributed by atoms with Crippen LogP contribution in [-0.4, -0.2) is 31.2 Å². The largest absolute Gasteiger partial charge is 0.396 e. The summed E-state index contributed by atoms with van der Waals surface area (Å²) < 4.78 is 5.47. The first-order chi connectivity index (χ1) is 8.64. The van der Waals surface area contributed by atoms with E-state index in [9.17, 15) is 5.11 Å². The first-order valence-corrected chi connectivity index (χ1v) is 7.69. The summed E-state index contributed by atoms with van der Waals surface area (Å²) in [6.07, 6.45) is 2.09. The summed E-state index contributed by atoms with van der Waals surface area (Å²) >= 11 is 1.75. The van der Waals surface area contributed by atoms with Gasteiger partial charge in [0.05, 0.1) is 13.2 Å². The van der Waals surface area contributed by atoms with E-state index in [1.807, 2.05) is 0 Å². The van der Waals surface area contributed by atoms with E-state index in [-0.39, 0.29) is 17.9 Å². The summed E-state index contributed by atoms with van der Waals surface area (Å²) in [7, 11) is 0. The zero-order valence-corrected chi connectivity index (χ0v) is 12.2. The minimum Gasteiger partial charge on any atom is -0.396 e. The molecule has 1 fully saturated rings. The maximum atomic E-state index is 9.70. The Morgan fingerprint density at radius 3 is 2.22 bits per heavy atom. The van der Waals surface area contributed by atoms with Gasteiger partial charge in [0.15, 0.2) is 0 Å². The van der Waals surface area contributed by atoms with E-state index in [2.05, 4.69) is 44.4 Å². The molecule has 18 heavy (non-hydrogen) atoms. The highest BCUT2D eigenvalue weighted by molar-refractivity contribution is 7.98. The summed E-state index contributed by atoms with van der Waals surface area (Å²) in [5.74, 6) is 0.727.